The molecule has 0 spiro atoms. The van der Waals surface area contributed by atoms with Crippen LogP contribution in [0.25, 0.3) is 0 Å². The molecule has 1 aliphatic carbocycles. The second-order valence-corrected chi connectivity index (χ2v) is 7.81. The third-order valence-electron chi connectivity index (χ3n) is 3.68. The van der Waals surface area contributed by atoms with Crippen LogP contribution in [0.3, 0.4) is 0 Å². The van der Waals surface area contributed by atoms with Crippen LogP contribution in [0.2, 0.25) is 0 Å². The van der Waals surface area contributed by atoms with Gasteiger partial charge in [0.05, 0.1) is 5.56 Å². The van der Waals surface area contributed by atoms with E-state index >= 15 is 0 Å². The molecule has 3 amide bonds. The first-order chi connectivity index (χ1) is 13.1. The number of amides is 3. The average molecular weight is 413 g/mol. The summed E-state index contributed by atoms with van der Waals surface area (Å²) in [6.07, 6.45) is 1.61. The number of hydrogen-bond donors (Lipinski definition) is 3. The molecule has 152 valence electrons. The van der Waals surface area contributed by atoms with E-state index < -0.39 is 44.7 Å². The average Bonchev–Trinajstić information content (AvgIpc) is 3.43. The summed E-state index contributed by atoms with van der Waals surface area (Å²) in [6, 6.07) is 1.97. The van der Waals surface area contributed by atoms with Gasteiger partial charge in [0.15, 0.2) is 6.10 Å². The van der Waals surface area contributed by atoms with Crippen molar-refractivity contribution in [3.63, 3.8) is 0 Å². The van der Waals surface area contributed by atoms with Crippen molar-refractivity contribution >= 4 is 27.9 Å². The third-order valence-corrected chi connectivity index (χ3v) is 5.12. The summed E-state index contributed by atoms with van der Waals surface area (Å²) in [5.41, 5.74) is -0.275. The molecule has 3 N–H and O–H groups in total. The number of carbonyl (C=O) groups excluding carboxylic acids is 3. The van der Waals surface area contributed by atoms with Gasteiger partial charge < -0.3 is 10.1 Å². The lowest BCUT2D eigenvalue weighted by molar-refractivity contribution is -0.127. The molecule has 1 unspecified atom stereocenters. The van der Waals surface area contributed by atoms with Crippen molar-refractivity contribution in [2.45, 2.75) is 36.8 Å². The number of halogens is 1. The van der Waals surface area contributed by atoms with Crippen molar-refractivity contribution in [2.75, 3.05) is 6.54 Å². The van der Waals surface area contributed by atoms with Gasteiger partial charge in [-0.15, -0.1) is 6.58 Å². The minimum atomic E-state index is -4.21. The maximum atomic E-state index is 13.9. The van der Waals surface area contributed by atoms with Crippen LogP contribution in [-0.2, 0) is 19.6 Å². The van der Waals surface area contributed by atoms with Gasteiger partial charge in [0.1, 0.15) is 10.7 Å². The second-order valence-electron chi connectivity index (χ2n) is 6.07. The van der Waals surface area contributed by atoms with Gasteiger partial charge in [-0.05, 0) is 38.0 Å². The van der Waals surface area contributed by atoms with Crippen molar-refractivity contribution in [3.8, 4) is 0 Å². The lowest BCUT2D eigenvalue weighted by Gasteiger charge is -2.14. The summed E-state index contributed by atoms with van der Waals surface area (Å²) < 4.78 is 45.0. The molecule has 0 aliphatic heterocycles. The molecule has 0 bridgehead atoms. The number of carbonyl (C=O) groups is 3. The molecule has 9 nitrogen and oxygen atoms in total. The lowest BCUT2D eigenvalue weighted by atomic mass is 10.2. The molecule has 1 fully saturated rings. The summed E-state index contributed by atoms with van der Waals surface area (Å²) in [5.74, 6) is -2.96. The zero-order chi connectivity index (χ0) is 20.9. The SMILES string of the molecule is C=CCNS(=O)(=O)c1cc(C(=O)OC(C)C(=O)NC(=O)NC2CC2)ccc1F. The number of nitrogens with one attached hydrogen (secondary N) is 3. The summed E-state index contributed by atoms with van der Waals surface area (Å²) in [5, 5.41) is 4.57. The van der Waals surface area contributed by atoms with E-state index in [0.717, 1.165) is 31.0 Å². The molecular weight excluding hydrogens is 393 g/mol. The van der Waals surface area contributed by atoms with E-state index in [2.05, 4.69) is 16.6 Å². The highest BCUT2D eigenvalue weighted by atomic mass is 32.2. The number of esters is 1. The summed E-state index contributed by atoms with van der Waals surface area (Å²) in [4.78, 5) is 34.9. The first-order valence-electron chi connectivity index (χ1n) is 8.36. The van der Waals surface area contributed by atoms with Gasteiger partial charge in [-0.25, -0.2) is 27.1 Å². The molecular formula is C17H20FN3O6S. The number of urea groups is 1. The molecule has 0 saturated heterocycles. The Hall–Kier alpha value is -2.79. The van der Waals surface area contributed by atoms with Gasteiger partial charge >= 0.3 is 12.0 Å². The molecule has 28 heavy (non-hydrogen) atoms. The summed E-state index contributed by atoms with van der Waals surface area (Å²) in [6.45, 7) is 4.47. The Bertz CT molecular complexity index is 898. The van der Waals surface area contributed by atoms with Gasteiger partial charge in [0, 0.05) is 12.6 Å². The Labute approximate surface area is 161 Å². The molecule has 2 rings (SSSR count). The Balaban J connectivity index is 2.04. The first kappa shape index (κ1) is 21.5. The van der Waals surface area contributed by atoms with E-state index in [1.54, 1.807) is 0 Å². The maximum absolute atomic E-state index is 13.9. The Kier molecular flexibility index (Phi) is 6.86. The smallest absolute Gasteiger partial charge is 0.338 e. The molecule has 11 heteroatoms. The van der Waals surface area contributed by atoms with Crippen LogP contribution in [0, 0.1) is 5.82 Å². The fraction of sp³-hybridized carbons (Fsp3) is 0.353. The highest BCUT2D eigenvalue weighted by Gasteiger charge is 2.27. The highest BCUT2D eigenvalue weighted by Crippen LogP contribution is 2.19. The predicted octanol–water partition coefficient (Wildman–Crippen LogP) is 0.824. The van der Waals surface area contributed by atoms with Crippen molar-refractivity contribution in [1.29, 1.82) is 0 Å². The highest BCUT2D eigenvalue weighted by molar-refractivity contribution is 7.89. The normalized spacial score (nSPS) is 14.6. The van der Waals surface area contributed by atoms with Crippen molar-refractivity contribution in [2.24, 2.45) is 0 Å². The van der Waals surface area contributed by atoms with Crippen LogP contribution in [0.5, 0.6) is 0 Å². The van der Waals surface area contributed by atoms with E-state index in [4.69, 9.17) is 4.74 Å². The standard InChI is InChI=1S/C17H20FN3O6S/c1-3-8-19-28(25,26)14-9-11(4-7-13(14)18)16(23)27-10(2)15(22)21-17(24)20-12-5-6-12/h3-4,7,9-10,12,19H,1,5-6,8H2,2H3,(H2,20,21,22,24). The fourth-order valence-corrected chi connectivity index (χ4v) is 3.13. The summed E-state index contributed by atoms with van der Waals surface area (Å²) >= 11 is 0. The van der Waals surface area contributed by atoms with Crippen LogP contribution >= 0.6 is 0 Å². The van der Waals surface area contributed by atoms with Gasteiger partial charge in [-0.2, -0.15) is 0 Å². The molecule has 0 heterocycles. The van der Waals surface area contributed by atoms with Gasteiger partial charge in [-0.1, -0.05) is 6.08 Å². The van der Waals surface area contributed by atoms with Gasteiger partial charge in [-0.3, -0.25) is 10.1 Å². The van der Waals surface area contributed by atoms with Crippen LogP contribution < -0.4 is 15.4 Å². The van der Waals surface area contributed by atoms with E-state index in [-0.39, 0.29) is 18.2 Å². The van der Waals surface area contributed by atoms with Gasteiger partial charge in [0.25, 0.3) is 5.91 Å². The van der Waals surface area contributed by atoms with Crippen molar-refractivity contribution < 1.29 is 31.9 Å². The number of imide groups is 1. The minimum Gasteiger partial charge on any atom is -0.449 e. The van der Waals surface area contributed by atoms with E-state index in [9.17, 15) is 27.2 Å². The number of hydrogen-bond acceptors (Lipinski definition) is 6. The molecule has 1 saturated carbocycles. The van der Waals surface area contributed by atoms with Gasteiger partial charge in [0.2, 0.25) is 10.0 Å². The zero-order valence-corrected chi connectivity index (χ0v) is 15.8. The number of sulfonamides is 1. The van der Waals surface area contributed by atoms with E-state index in [0.29, 0.717) is 0 Å². The fourth-order valence-electron chi connectivity index (χ4n) is 2.03. The summed E-state index contributed by atoms with van der Waals surface area (Å²) in [7, 11) is -4.21. The lowest BCUT2D eigenvalue weighted by Crippen LogP contribution is -2.45. The van der Waals surface area contributed by atoms with E-state index in [1.165, 1.54) is 13.0 Å². The van der Waals surface area contributed by atoms with Crippen molar-refractivity contribution in [3.05, 3.63) is 42.2 Å². The Morgan fingerprint density at radius 2 is 2.04 bits per heavy atom. The quantitative estimate of drug-likeness (QED) is 0.427. The van der Waals surface area contributed by atoms with Crippen LogP contribution in [0.4, 0.5) is 9.18 Å². The topological polar surface area (TPSA) is 131 Å². The molecule has 0 aromatic heterocycles. The Morgan fingerprint density at radius 3 is 2.64 bits per heavy atom. The number of ether oxygens (including phenoxy) is 1. The molecule has 1 aromatic carbocycles. The van der Waals surface area contributed by atoms with Crippen LogP contribution in [0.1, 0.15) is 30.1 Å². The van der Waals surface area contributed by atoms with Crippen molar-refractivity contribution in [1.82, 2.24) is 15.4 Å². The second kappa shape index (κ2) is 8.93. The molecule has 1 aromatic rings. The van der Waals surface area contributed by atoms with Crippen LogP contribution in [-0.4, -0.2) is 45.0 Å². The predicted molar refractivity (Wildman–Crippen MR) is 96.4 cm³/mol. The zero-order valence-electron chi connectivity index (χ0n) is 15.0. The van der Waals surface area contributed by atoms with Crippen LogP contribution in [0.15, 0.2) is 35.7 Å². The Morgan fingerprint density at radius 1 is 1.36 bits per heavy atom. The van der Waals surface area contributed by atoms with E-state index in [1.807, 2.05) is 5.32 Å². The largest absolute Gasteiger partial charge is 0.449 e. The monoisotopic (exact) mass is 413 g/mol. The molecule has 1 aliphatic rings. The molecule has 0 radical (unpaired) electrons. The first-order valence-corrected chi connectivity index (χ1v) is 9.85. The number of benzene rings is 1. The number of rotatable bonds is 8. The maximum Gasteiger partial charge on any atom is 0.338 e. The third kappa shape index (κ3) is 5.86. The molecule has 1 atom stereocenters. The minimum absolute atomic E-state index is 0.0416.